The number of phenols is 1. The van der Waals surface area contributed by atoms with Crippen molar-refractivity contribution in [1.29, 1.82) is 0 Å². The molecule has 0 bridgehead atoms. The SMILES string of the molecule is COc1cc(O)ccc1C1C2=CCC3C(=O)N(c4ccc(Cl)cc4)C(=O)C3C2CC2=C1C(=O)C=C(Br)C2=O. The first-order chi connectivity index (χ1) is 18.2. The molecular formula is C29H21BrClNO6. The van der Waals surface area contributed by atoms with Crippen LogP contribution in [0.15, 0.2) is 75.8 Å². The van der Waals surface area contributed by atoms with Crippen LogP contribution in [-0.4, -0.2) is 35.6 Å². The summed E-state index contributed by atoms with van der Waals surface area (Å²) in [5.74, 6) is -3.29. The molecule has 9 heteroatoms. The summed E-state index contributed by atoms with van der Waals surface area (Å²) in [6.45, 7) is 0. The van der Waals surface area contributed by atoms with Crippen molar-refractivity contribution in [3.05, 3.63) is 86.4 Å². The zero-order valence-electron chi connectivity index (χ0n) is 20.1. The number of rotatable bonds is 3. The number of Topliss-reactive ketones (excluding diaryl/α,β-unsaturated/α-hetero) is 1. The Bertz CT molecular complexity index is 1540. The van der Waals surface area contributed by atoms with E-state index in [1.807, 2.05) is 6.08 Å². The van der Waals surface area contributed by atoms with E-state index in [0.29, 0.717) is 39.6 Å². The van der Waals surface area contributed by atoms with Crippen molar-refractivity contribution >= 4 is 56.6 Å². The number of hydrogen-bond acceptors (Lipinski definition) is 6. The van der Waals surface area contributed by atoms with Gasteiger partial charge >= 0.3 is 0 Å². The van der Waals surface area contributed by atoms with Crippen LogP contribution in [0.1, 0.15) is 24.3 Å². The molecule has 0 saturated carbocycles. The number of carbonyl (C=O) groups excluding carboxylic acids is 4. The second kappa shape index (κ2) is 9.06. The number of nitrogens with zero attached hydrogens (tertiary/aromatic N) is 1. The summed E-state index contributed by atoms with van der Waals surface area (Å²) in [7, 11) is 1.46. The van der Waals surface area contributed by atoms with Crippen molar-refractivity contribution in [3.63, 3.8) is 0 Å². The molecule has 4 atom stereocenters. The number of imide groups is 1. The molecule has 7 nitrogen and oxygen atoms in total. The summed E-state index contributed by atoms with van der Waals surface area (Å²) in [6.07, 6.45) is 3.71. The minimum Gasteiger partial charge on any atom is -0.508 e. The number of methoxy groups -OCH3 is 1. The van der Waals surface area contributed by atoms with Crippen molar-refractivity contribution in [1.82, 2.24) is 0 Å². The molecule has 3 aliphatic carbocycles. The number of fused-ring (bicyclic) bond motifs is 3. The van der Waals surface area contributed by atoms with E-state index in [1.54, 1.807) is 30.3 Å². The molecule has 2 amide bonds. The minimum atomic E-state index is -0.689. The van der Waals surface area contributed by atoms with Crippen molar-refractivity contribution in [2.75, 3.05) is 12.0 Å². The number of allylic oxidation sites excluding steroid dienone is 6. The zero-order valence-corrected chi connectivity index (χ0v) is 22.5. The van der Waals surface area contributed by atoms with E-state index in [9.17, 15) is 24.3 Å². The molecule has 192 valence electrons. The zero-order chi connectivity index (χ0) is 26.9. The van der Waals surface area contributed by atoms with Gasteiger partial charge in [0.15, 0.2) is 11.6 Å². The van der Waals surface area contributed by atoms with Gasteiger partial charge in [-0.05, 0) is 65.0 Å². The van der Waals surface area contributed by atoms with Gasteiger partial charge in [0, 0.05) is 39.8 Å². The number of anilines is 1. The Morgan fingerprint density at radius 3 is 2.47 bits per heavy atom. The first-order valence-electron chi connectivity index (χ1n) is 12.1. The Morgan fingerprint density at radius 2 is 1.76 bits per heavy atom. The first-order valence-corrected chi connectivity index (χ1v) is 13.3. The number of aromatic hydroxyl groups is 1. The highest BCUT2D eigenvalue weighted by Crippen LogP contribution is 2.56. The fourth-order valence-electron chi connectivity index (χ4n) is 6.34. The van der Waals surface area contributed by atoms with Crippen LogP contribution in [0.4, 0.5) is 5.69 Å². The normalized spacial score (nSPS) is 26.6. The standard InChI is InChI=1S/C29H21BrClNO6/c1-38-23-10-15(33)6-7-17(23)24-16-8-9-18-25(19(16)11-20-26(24)22(34)12-21(30)27(20)35)29(37)32(28(18)36)14-4-2-13(31)3-5-14/h2-8,10,12,18-19,24-25,33H,9,11H2,1H3. The van der Waals surface area contributed by atoms with Gasteiger partial charge in [-0.2, -0.15) is 0 Å². The number of benzene rings is 2. The van der Waals surface area contributed by atoms with E-state index >= 15 is 0 Å². The van der Waals surface area contributed by atoms with Crippen molar-refractivity contribution in [2.45, 2.75) is 18.8 Å². The van der Waals surface area contributed by atoms with E-state index < -0.39 is 23.7 Å². The molecule has 1 heterocycles. The second-order valence-electron chi connectivity index (χ2n) is 9.81. The summed E-state index contributed by atoms with van der Waals surface area (Å²) >= 11 is 9.25. The third kappa shape index (κ3) is 3.61. The lowest BCUT2D eigenvalue weighted by Crippen LogP contribution is -2.39. The van der Waals surface area contributed by atoms with Gasteiger partial charge in [0.05, 0.1) is 29.1 Å². The summed E-state index contributed by atoms with van der Waals surface area (Å²) in [4.78, 5) is 55.3. The topological polar surface area (TPSA) is 101 Å². The molecule has 0 aromatic heterocycles. The van der Waals surface area contributed by atoms with Crippen LogP contribution in [0.25, 0.3) is 0 Å². The fraction of sp³-hybridized carbons (Fsp3) is 0.241. The Labute approximate surface area is 231 Å². The predicted octanol–water partition coefficient (Wildman–Crippen LogP) is 5.02. The van der Waals surface area contributed by atoms with Crippen LogP contribution in [-0.2, 0) is 19.2 Å². The van der Waals surface area contributed by atoms with Crippen LogP contribution in [0.2, 0.25) is 5.02 Å². The van der Waals surface area contributed by atoms with Gasteiger partial charge in [0.2, 0.25) is 11.8 Å². The molecule has 1 saturated heterocycles. The largest absolute Gasteiger partial charge is 0.508 e. The maximum atomic E-state index is 13.9. The van der Waals surface area contributed by atoms with Crippen LogP contribution < -0.4 is 9.64 Å². The van der Waals surface area contributed by atoms with Crippen LogP contribution in [0.5, 0.6) is 11.5 Å². The molecule has 4 unspecified atom stereocenters. The maximum Gasteiger partial charge on any atom is 0.238 e. The van der Waals surface area contributed by atoms with E-state index in [1.165, 1.54) is 30.2 Å². The Hall–Kier alpha value is -3.49. The monoisotopic (exact) mass is 593 g/mol. The lowest BCUT2D eigenvalue weighted by Gasteiger charge is -2.42. The predicted molar refractivity (Wildman–Crippen MR) is 143 cm³/mol. The van der Waals surface area contributed by atoms with E-state index in [0.717, 1.165) is 5.57 Å². The molecule has 4 aliphatic rings. The first kappa shape index (κ1) is 24.8. The summed E-state index contributed by atoms with van der Waals surface area (Å²) < 4.78 is 5.72. The van der Waals surface area contributed by atoms with Crippen molar-refractivity contribution < 1.29 is 29.0 Å². The van der Waals surface area contributed by atoms with Gasteiger partial charge in [-0.15, -0.1) is 0 Å². The molecule has 0 radical (unpaired) electrons. The highest BCUT2D eigenvalue weighted by atomic mass is 79.9. The third-order valence-electron chi connectivity index (χ3n) is 7.94. The number of phenolic OH excluding ortho intramolecular Hbond substituents is 1. The number of halogens is 2. The van der Waals surface area contributed by atoms with Gasteiger partial charge in [0.1, 0.15) is 11.5 Å². The molecule has 1 aliphatic heterocycles. The summed E-state index contributed by atoms with van der Waals surface area (Å²) in [5.41, 5.74) is 2.53. The Kier molecular flexibility index (Phi) is 5.92. The highest BCUT2D eigenvalue weighted by molar-refractivity contribution is 9.12. The maximum absolute atomic E-state index is 13.9. The smallest absolute Gasteiger partial charge is 0.238 e. The average Bonchev–Trinajstić information content (AvgIpc) is 3.16. The van der Waals surface area contributed by atoms with E-state index in [-0.39, 0.29) is 40.0 Å². The van der Waals surface area contributed by atoms with Gasteiger partial charge in [-0.3, -0.25) is 24.1 Å². The van der Waals surface area contributed by atoms with Gasteiger partial charge in [0.25, 0.3) is 0 Å². The minimum absolute atomic E-state index is 0.00582. The van der Waals surface area contributed by atoms with Crippen LogP contribution in [0.3, 0.4) is 0 Å². The third-order valence-corrected chi connectivity index (χ3v) is 8.79. The number of ketones is 2. The van der Waals surface area contributed by atoms with Crippen molar-refractivity contribution in [3.8, 4) is 11.5 Å². The Balaban J connectivity index is 1.51. The molecular weight excluding hydrogens is 574 g/mol. The number of amides is 2. The molecule has 0 spiro atoms. The highest BCUT2D eigenvalue weighted by Gasteiger charge is 2.56. The molecule has 38 heavy (non-hydrogen) atoms. The molecule has 1 fully saturated rings. The number of hydrogen-bond donors (Lipinski definition) is 1. The molecule has 1 N–H and O–H groups in total. The number of carbonyl (C=O) groups is 4. The van der Waals surface area contributed by atoms with Gasteiger partial charge in [-0.1, -0.05) is 29.3 Å². The Morgan fingerprint density at radius 1 is 1.03 bits per heavy atom. The van der Waals surface area contributed by atoms with Gasteiger partial charge < -0.3 is 9.84 Å². The molecule has 6 rings (SSSR count). The van der Waals surface area contributed by atoms with E-state index in [4.69, 9.17) is 16.3 Å². The summed E-state index contributed by atoms with van der Waals surface area (Å²) in [5, 5.41) is 10.6. The second-order valence-corrected chi connectivity index (χ2v) is 11.1. The van der Waals surface area contributed by atoms with E-state index in [2.05, 4.69) is 15.9 Å². The lowest BCUT2D eigenvalue weighted by atomic mass is 9.59. The lowest BCUT2D eigenvalue weighted by molar-refractivity contribution is -0.123. The molecule has 2 aromatic rings. The van der Waals surface area contributed by atoms with Gasteiger partial charge in [-0.25, -0.2) is 0 Å². The van der Waals surface area contributed by atoms with Crippen LogP contribution >= 0.6 is 27.5 Å². The number of ether oxygens (including phenoxy) is 1. The average molecular weight is 595 g/mol. The summed E-state index contributed by atoms with van der Waals surface area (Å²) in [6, 6.07) is 11.2. The quantitative estimate of drug-likeness (QED) is 0.304. The van der Waals surface area contributed by atoms with Crippen LogP contribution in [0, 0.1) is 17.8 Å². The molecule has 2 aromatic carbocycles. The fourth-order valence-corrected chi connectivity index (χ4v) is 6.92. The van der Waals surface area contributed by atoms with Crippen molar-refractivity contribution in [2.24, 2.45) is 17.8 Å².